The first-order valence-corrected chi connectivity index (χ1v) is 3.70. The van der Waals surface area contributed by atoms with Gasteiger partial charge in [0.05, 0.1) is 6.04 Å². The molecule has 0 aromatic rings. The number of Topliss-reactive ketones (excluding diaryl/α,β-unsaturated/α-hetero) is 1. The lowest BCUT2D eigenvalue weighted by atomic mass is 10.1. The smallest absolute Gasteiger partial charge is 0.146 e. The Balaban J connectivity index is 3.89. The van der Waals surface area contributed by atoms with Gasteiger partial charge in [-0.3, -0.25) is 9.69 Å². The molecule has 0 bridgehead atoms. The normalized spacial score (nSPS) is 13.1. The molecule has 0 radical (unpaired) electrons. The van der Waals surface area contributed by atoms with Gasteiger partial charge in [-0.1, -0.05) is 0 Å². The van der Waals surface area contributed by atoms with Gasteiger partial charge in [0.15, 0.2) is 0 Å². The van der Waals surface area contributed by atoms with Crippen LogP contribution in [-0.4, -0.2) is 37.1 Å². The molecule has 3 heteroatoms. The maximum absolute atomic E-state index is 10.9. The van der Waals surface area contributed by atoms with E-state index in [1.54, 1.807) is 6.92 Å². The van der Waals surface area contributed by atoms with Crippen LogP contribution < -0.4 is 0 Å². The molecule has 0 fully saturated rings. The number of hydrogen-bond donors (Lipinski definition) is 0. The summed E-state index contributed by atoms with van der Waals surface area (Å²) in [5, 5.41) is 0. The molecular weight excluding hydrogens is 142 g/mol. The Morgan fingerprint density at radius 2 is 2.09 bits per heavy atom. The molecule has 0 saturated carbocycles. The number of nitrogens with zero attached hydrogens (tertiary/aromatic N) is 1. The minimum absolute atomic E-state index is 0.0970. The third-order valence-corrected chi connectivity index (χ3v) is 1.65. The van der Waals surface area contributed by atoms with Crippen LogP contribution in [0, 0.1) is 0 Å². The minimum Gasteiger partial charge on any atom is -0.303 e. The van der Waals surface area contributed by atoms with Gasteiger partial charge in [-0.25, -0.2) is 0 Å². The van der Waals surface area contributed by atoms with Crippen molar-refractivity contribution in [1.82, 2.24) is 4.90 Å². The van der Waals surface area contributed by atoms with Crippen molar-refractivity contribution in [2.24, 2.45) is 0 Å². The van der Waals surface area contributed by atoms with Crippen molar-refractivity contribution < 1.29 is 9.59 Å². The highest BCUT2D eigenvalue weighted by Gasteiger charge is 2.14. The number of ketones is 1. The van der Waals surface area contributed by atoms with Crippen LogP contribution in [0.15, 0.2) is 0 Å². The Hall–Kier alpha value is -0.700. The molecule has 0 saturated heterocycles. The maximum Gasteiger partial charge on any atom is 0.146 e. The van der Waals surface area contributed by atoms with E-state index in [4.69, 9.17) is 0 Å². The lowest BCUT2D eigenvalue weighted by Gasteiger charge is -2.20. The van der Waals surface area contributed by atoms with E-state index in [0.29, 0.717) is 12.8 Å². The molecular formula is C8H15NO2. The molecule has 0 rings (SSSR count). The summed E-state index contributed by atoms with van der Waals surface area (Å²) < 4.78 is 0. The van der Waals surface area contributed by atoms with E-state index >= 15 is 0 Å². The number of likely N-dealkylation sites (N-methyl/N-ethyl adjacent to an activating group) is 1. The van der Waals surface area contributed by atoms with E-state index in [1.165, 1.54) is 0 Å². The van der Waals surface area contributed by atoms with Crippen LogP contribution in [0.5, 0.6) is 0 Å². The zero-order chi connectivity index (χ0) is 8.85. The van der Waals surface area contributed by atoms with Crippen molar-refractivity contribution in [3.63, 3.8) is 0 Å². The van der Waals surface area contributed by atoms with Crippen LogP contribution in [0.25, 0.3) is 0 Å². The Bertz CT molecular complexity index is 143. The maximum atomic E-state index is 10.9. The van der Waals surface area contributed by atoms with Gasteiger partial charge in [0.1, 0.15) is 12.1 Å². The highest BCUT2D eigenvalue weighted by atomic mass is 16.1. The summed E-state index contributed by atoms with van der Waals surface area (Å²) in [6.45, 7) is 1.55. The highest BCUT2D eigenvalue weighted by Crippen LogP contribution is 2.02. The molecule has 11 heavy (non-hydrogen) atoms. The first kappa shape index (κ1) is 10.3. The molecule has 3 nitrogen and oxygen atoms in total. The molecule has 0 N–H and O–H groups in total. The number of carbonyl (C=O) groups excluding carboxylic acids is 2. The van der Waals surface area contributed by atoms with Gasteiger partial charge in [0, 0.05) is 6.42 Å². The van der Waals surface area contributed by atoms with Gasteiger partial charge in [0.2, 0.25) is 0 Å². The zero-order valence-corrected chi connectivity index (χ0v) is 7.33. The summed E-state index contributed by atoms with van der Waals surface area (Å²) >= 11 is 0. The summed E-state index contributed by atoms with van der Waals surface area (Å²) in [5.74, 6) is 0.122. The molecule has 0 aliphatic heterocycles. The zero-order valence-electron chi connectivity index (χ0n) is 7.33. The summed E-state index contributed by atoms with van der Waals surface area (Å²) in [4.78, 5) is 22.8. The number of carbonyl (C=O) groups is 2. The van der Waals surface area contributed by atoms with Gasteiger partial charge in [0.25, 0.3) is 0 Å². The van der Waals surface area contributed by atoms with E-state index in [1.807, 2.05) is 19.0 Å². The third kappa shape index (κ3) is 3.88. The average Bonchev–Trinajstić information content (AvgIpc) is 1.87. The predicted molar refractivity (Wildman–Crippen MR) is 43.5 cm³/mol. The minimum atomic E-state index is -0.0970. The van der Waals surface area contributed by atoms with Gasteiger partial charge in [-0.05, 0) is 27.4 Å². The topological polar surface area (TPSA) is 37.4 Å². The van der Waals surface area contributed by atoms with E-state index in [-0.39, 0.29) is 11.8 Å². The van der Waals surface area contributed by atoms with Gasteiger partial charge >= 0.3 is 0 Å². The second kappa shape index (κ2) is 5.02. The lowest BCUT2D eigenvalue weighted by Crippen LogP contribution is -2.34. The average molecular weight is 157 g/mol. The van der Waals surface area contributed by atoms with Crippen molar-refractivity contribution in [2.45, 2.75) is 25.8 Å². The summed E-state index contributed by atoms with van der Waals surface area (Å²) in [7, 11) is 3.69. The fourth-order valence-corrected chi connectivity index (χ4v) is 1.05. The Morgan fingerprint density at radius 1 is 1.55 bits per heavy atom. The van der Waals surface area contributed by atoms with E-state index < -0.39 is 0 Å². The first-order chi connectivity index (χ1) is 5.09. The van der Waals surface area contributed by atoms with Gasteiger partial charge < -0.3 is 4.79 Å². The molecule has 0 aromatic carbocycles. The van der Waals surface area contributed by atoms with Crippen molar-refractivity contribution in [2.75, 3.05) is 14.1 Å². The second-order valence-corrected chi connectivity index (χ2v) is 2.83. The second-order valence-electron chi connectivity index (χ2n) is 2.83. The largest absolute Gasteiger partial charge is 0.303 e. The monoisotopic (exact) mass is 157 g/mol. The quantitative estimate of drug-likeness (QED) is 0.545. The first-order valence-electron chi connectivity index (χ1n) is 3.70. The standard InChI is InChI=1S/C8H15NO2/c1-7(11)8(9(2)3)5-4-6-10/h6,8H,4-5H2,1-3H3. The van der Waals surface area contributed by atoms with Crippen LogP contribution in [0.3, 0.4) is 0 Å². The van der Waals surface area contributed by atoms with Crippen molar-refractivity contribution in [1.29, 1.82) is 0 Å². The molecule has 0 aromatic heterocycles. The summed E-state index contributed by atoms with van der Waals surface area (Å²) in [6, 6.07) is -0.0970. The van der Waals surface area contributed by atoms with Crippen molar-refractivity contribution in [3.8, 4) is 0 Å². The Labute approximate surface area is 67.4 Å². The van der Waals surface area contributed by atoms with Crippen molar-refractivity contribution >= 4 is 12.1 Å². The Morgan fingerprint density at radius 3 is 2.36 bits per heavy atom. The molecule has 0 amide bonds. The summed E-state index contributed by atoms with van der Waals surface area (Å²) in [5.41, 5.74) is 0. The van der Waals surface area contributed by atoms with Gasteiger partial charge in [-0.15, -0.1) is 0 Å². The van der Waals surface area contributed by atoms with Crippen LogP contribution in [0.1, 0.15) is 19.8 Å². The molecule has 1 atom stereocenters. The fraction of sp³-hybridized carbons (Fsp3) is 0.750. The lowest BCUT2D eigenvalue weighted by molar-refractivity contribution is -0.121. The fourth-order valence-electron chi connectivity index (χ4n) is 1.05. The SMILES string of the molecule is CC(=O)C(CCC=O)N(C)C. The van der Waals surface area contributed by atoms with Crippen LogP contribution in [-0.2, 0) is 9.59 Å². The van der Waals surface area contributed by atoms with E-state index in [0.717, 1.165) is 6.29 Å². The molecule has 64 valence electrons. The molecule has 0 aliphatic carbocycles. The van der Waals surface area contributed by atoms with Crippen molar-refractivity contribution in [3.05, 3.63) is 0 Å². The summed E-state index contributed by atoms with van der Waals surface area (Å²) in [6.07, 6.45) is 1.94. The van der Waals surface area contributed by atoms with Gasteiger partial charge in [-0.2, -0.15) is 0 Å². The van der Waals surface area contributed by atoms with E-state index in [9.17, 15) is 9.59 Å². The van der Waals surface area contributed by atoms with E-state index in [2.05, 4.69) is 0 Å². The number of rotatable bonds is 5. The molecule has 1 unspecified atom stereocenters. The van der Waals surface area contributed by atoms with Crippen LogP contribution >= 0.6 is 0 Å². The highest BCUT2D eigenvalue weighted by molar-refractivity contribution is 5.81. The molecule has 0 spiro atoms. The molecule has 0 heterocycles. The Kier molecular flexibility index (Phi) is 4.70. The van der Waals surface area contributed by atoms with Crippen LogP contribution in [0.4, 0.5) is 0 Å². The number of hydrogen-bond acceptors (Lipinski definition) is 3. The third-order valence-electron chi connectivity index (χ3n) is 1.65. The number of aldehydes is 1. The predicted octanol–water partition coefficient (Wildman–Crippen LogP) is 0.485. The molecule has 0 aliphatic rings. The van der Waals surface area contributed by atoms with Crippen LogP contribution in [0.2, 0.25) is 0 Å².